The molecule has 0 saturated carbocycles. The molecule has 0 amide bonds. The summed E-state index contributed by atoms with van der Waals surface area (Å²) in [6, 6.07) is 9.78. The van der Waals surface area contributed by atoms with E-state index in [1.54, 1.807) is 31.2 Å². The van der Waals surface area contributed by atoms with Gasteiger partial charge < -0.3 is 5.11 Å². The highest BCUT2D eigenvalue weighted by molar-refractivity contribution is 7.90. The first-order valence-electron chi connectivity index (χ1n) is 9.80. The van der Waals surface area contributed by atoms with Crippen molar-refractivity contribution in [1.82, 2.24) is 29.5 Å². The number of rotatable bonds is 7. The van der Waals surface area contributed by atoms with Gasteiger partial charge in [-0.25, -0.2) is 36.5 Å². The summed E-state index contributed by atoms with van der Waals surface area (Å²) in [4.78, 5) is 7.66. The molecule has 12 heteroatoms. The average molecular weight is 474 g/mol. The molecule has 0 aliphatic rings. The zero-order valence-electron chi connectivity index (χ0n) is 17.7. The molecule has 172 valence electrons. The second kappa shape index (κ2) is 8.45. The monoisotopic (exact) mass is 474 g/mol. The molecule has 2 aromatic heterocycles. The topological polar surface area (TPSA) is 116 Å². The normalized spacial score (nSPS) is 14.7. The van der Waals surface area contributed by atoms with Crippen LogP contribution in [-0.2, 0) is 22.0 Å². The standard InChI is InChI=1S/C21H20F2N6O3S/c1-14(15-3-6-17(7-4-15)29-13-25-20(27-29)33(2,31)32)21(30,10-28-12-24-11-26-28)18-8-5-16(22)9-19(18)23/h3-9,11-14,30H,10H2,1-2H3/t14-,21+/m1/s1. The van der Waals surface area contributed by atoms with Crippen LogP contribution < -0.4 is 0 Å². The largest absolute Gasteiger partial charge is 0.382 e. The van der Waals surface area contributed by atoms with E-state index in [0.29, 0.717) is 11.3 Å². The van der Waals surface area contributed by atoms with Gasteiger partial charge in [-0.3, -0.25) is 0 Å². The number of benzene rings is 2. The lowest BCUT2D eigenvalue weighted by molar-refractivity contribution is -0.0112. The van der Waals surface area contributed by atoms with Crippen LogP contribution in [0.3, 0.4) is 0 Å². The van der Waals surface area contributed by atoms with Crippen LogP contribution in [0.5, 0.6) is 0 Å². The van der Waals surface area contributed by atoms with Gasteiger partial charge in [-0.1, -0.05) is 25.1 Å². The number of halogens is 2. The minimum Gasteiger partial charge on any atom is -0.382 e. The molecule has 33 heavy (non-hydrogen) atoms. The fourth-order valence-corrected chi connectivity index (χ4v) is 4.07. The van der Waals surface area contributed by atoms with Gasteiger partial charge in [0, 0.05) is 23.8 Å². The fraction of sp³-hybridized carbons (Fsp3) is 0.238. The second-order valence-corrected chi connectivity index (χ2v) is 9.61. The van der Waals surface area contributed by atoms with E-state index in [9.17, 15) is 22.3 Å². The van der Waals surface area contributed by atoms with Gasteiger partial charge in [0.25, 0.3) is 5.16 Å². The van der Waals surface area contributed by atoms with Gasteiger partial charge in [-0.15, -0.1) is 5.10 Å². The molecular weight excluding hydrogens is 454 g/mol. The van der Waals surface area contributed by atoms with Crippen molar-refractivity contribution in [3.05, 3.63) is 84.2 Å². The molecule has 9 nitrogen and oxygen atoms in total. The van der Waals surface area contributed by atoms with Gasteiger partial charge in [0.1, 0.15) is 36.2 Å². The van der Waals surface area contributed by atoms with Gasteiger partial charge in [0.15, 0.2) is 0 Å². The van der Waals surface area contributed by atoms with Gasteiger partial charge in [-0.05, 0) is 23.8 Å². The Morgan fingerprint density at radius 1 is 1.12 bits per heavy atom. The van der Waals surface area contributed by atoms with Crippen molar-refractivity contribution < 1.29 is 22.3 Å². The maximum absolute atomic E-state index is 14.7. The Labute approximate surface area is 188 Å². The Morgan fingerprint density at radius 2 is 1.85 bits per heavy atom. The molecule has 0 aliphatic heterocycles. The third-order valence-electron chi connectivity index (χ3n) is 5.44. The van der Waals surface area contributed by atoms with Gasteiger partial charge in [0.2, 0.25) is 9.84 Å². The van der Waals surface area contributed by atoms with E-state index >= 15 is 0 Å². The summed E-state index contributed by atoms with van der Waals surface area (Å²) in [5.74, 6) is -2.28. The van der Waals surface area contributed by atoms with E-state index in [0.717, 1.165) is 18.4 Å². The van der Waals surface area contributed by atoms with Crippen molar-refractivity contribution in [1.29, 1.82) is 0 Å². The maximum atomic E-state index is 14.7. The highest BCUT2D eigenvalue weighted by atomic mass is 32.2. The molecule has 0 spiro atoms. The Hall–Kier alpha value is -3.51. The molecule has 2 aromatic carbocycles. The van der Waals surface area contributed by atoms with Crippen LogP contribution in [0, 0.1) is 11.6 Å². The minimum atomic E-state index is -3.55. The number of nitrogens with zero attached hydrogens (tertiary/aromatic N) is 6. The number of aromatic nitrogens is 6. The van der Waals surface area contributed by atoms with Crippen LogP contribution in [0.15, 0.2) is 66.6 Å². The van der Waals surface area contributed by atoms with E-state index in [1.807, 2.05) is 0 Å². The first kappa shape index (κ1) is 22.7. The van der Waals surface area contributed by atoms with Gasteiger partial charge >= 0.3 is 0 Å². The van der Waals surface area contributed by atoms with E-state index in [-0.39, 0.29) is 17.3 Å². The summed E-state index contributed by atoms with van der Waals surface area (Å²) in [7, 11) is -3.55. The van der Waals surface area contributed by atoms with E-state index in [4.69, 9.17) is 0 Å². The molecule has 0 bridgehead atoms. The van der Waals surface area contributed by atoms with Gasteiger partial charge in [-0.2, -0.15) is 5.10 Å². The Morgan fingerprint density at radius 3 is 2.42 bits per heavy atom. The SMILES string of the molecule is C[C@H](c1ccc(-n2cnc(S(C)(=O)=O)n2)cc1)[C@@](O)(Cn1cncn1)c1ccc(F)cc1F. The molecule has 0 aliphatic carbocycles. The fourth-order valence-electron chi connectivity index (χ4n) is 3.59. The van der Waals surface area contributed by atoms with Crippen LogP contribution in [0.1, 0.15) is 24.0 Å². The number of hydrogen-bond donors (Lipinski definition) is 1. The van der Waals surface area contributed by atoms with Crippen molar-refractivity contribution in [3.63, 3.8) is 0 Å². The predicted molar refractivity (Wildman–Crippen MR) is 113 cm³/mol. The number of aliphatic hydroxyl groups is 1. The highest BCUT2D eigenvalue weighted by Gasteiger charge is 2.40. The summed E-state index contributed by atoms with van der Waals surface area (Å²) >= 11 is 0. The molecule has 0 radical (unpaired) electrons. The maximum Gasteiger partial charge on any atom is 0.266 e. The molecule has 4 rings (SSSR count). The Kier molecular flexibility index (Phi) is 5.80. The first-order valence-corrected chi connectivity index (χ1v) is 11.7. The van der Waals surface area contributed by atoms with Crippen LogP contribution in [0.2, 0.25) is 0 Å². The quantitative estimate of drug-likeness (QED) is 0.437. The highest BCUT2D eigenvalue weighted by Crippen LogP contribution is 2.39. The van der Waals surface area contributed by atoms with Crippen LogP contribution in [0.25, 0.3) is 5.69 Å². The molecule has 4 aromatic rings. The Bertz CT molecular complexity index is 1370. The zero-order valence-corrected chi connectivity index (χ0v) is 18.5. The van der Waals surface area contributed by atoms with E-state index in [1.165, 1.54) is 34.4 Å². The molecule has 0 unspecified atom stereocenters. The summed E-state index contributed by atoms with van der Waals surface area (Å²) in [6.07, 6.45) is 4.99. The van der Waals surface area contributed by atoms with Crippen molar-refractivity contribution in [3.8, 4) is 5.69 Å². The first-order chi connectivity index (χ1) is 15.6. The van der Waals surface area contributed by atoms with E-state index < -0.39 is 33.0 Å². The lowest BCUT2D eigenvalue weighted by Gasteiger charge is -2.35. The van der Waals surface area contributed by atoms with Crippen molar-refractivity contribution in [2.24, 2.45) is 0 Å². The third kappa shape index (κ3) is 4.52. The molecule has 2 heterocycles. The zero-order chi connectivity index (χ0) is 23.8. The summed E-state index contributed by atoms with van der Waals surface area (Å²) < 4.78 is 54.1. The van der Waals surface area contributed by atoms with Crippen LogP contribution in [-0.4, -0.2) is 49.3 Å². The molecule has 1 N–H and O–H groups in total. The third-order valence-corrected chi connectivity index (χ3v) is 6.29. The number of sulfone groups is 1. The molecule has 0 fully saturated rings. The summed E-state index contributed by atoms with van der Waals surface area (Å²) in [6.45, 7) is 1.59. The van der Waals surface area contributed by atoms with E-state index in [2.05, 4.69) is 20.2 Å². The number of hydrogen-bond acceptors (Lipinski definition) is 7. The van der Waals surface area contributed by atoms with Crippen molar-refractivity contribution >= 4 is 9.84 Å². The Balaban J connectivity index is 1.70. The second-order valence-electron chi connectivity index (χ2n) is 7.70. The van der Waals surface area contributed by atoms with Crippen molar-refractivity contribution in [2.45, 2.75) is 30.1 Å². The summed E-state index contributed by atoms with van der Waals surface area (Å²) in [5, 5.41) is 19.3. The molecular formula is C21H20F2N6O3S. The average Bonchev–Trinajstić information content (AvgIpc) is 3.45. The minimum absolute atomic E-state index is 0.0787. The van der Waals surface area contributed by atoms with Crippen LogP contribution >= 0.6 is 0 Å². The van der Waals surface area contributed by atoms with Crippen LogP contribution in [0.4, 0.5) is 8.78 Å². The summed E-state index contributed by atoms with van der Waals surface area (Å²) in [5.41, 5.74) is -0.677. The smallest absolute Gasteiger partial charge is 0.266 e. The molecule has 2 atom stereocenters. The lowest BCUT2D eigenvalue weighted by atomic mass is 9.78. The van der Waals surface area contributed by atoms with Crippen molar-refractivity contribution in [2.75, 3.05) is 6.26 Å². The van der Waals surface area contributed by atoms with Gasteiger partial charge in [0.05, 0.1) is 12.2 Å². The molecule has 0 saturated heterocycles. The predicted octanol–water partition coefficient (Wildman–Crippen LogP) is 2.23. The lowest BCUT2D eigenvalue weighted by Crippen LogP contribution is -2.38.